The Morgan fingerprint density at radius 1 is 1.25 bits per heavy atom. The van der Waals surface area contributed by atoms with Crippen molar-refractivity contribution < 1.29 is 14.3 Å². The van der Waals surface area contributed by atoms with Gasteiger partial charge < -0.3 is 10.1 Å². The van der Waals surface area contributed by atoms with E-state index < -0.39 is 0 Å². The van der Waals surface area contributed by atoms with Crippen molar-refractivity contribution in [2.24, 2.45) is 0 Å². The minimum absolute atomic E-state index is 0.0140. The van der Waals surface area contributed by atoms with Crippen molar-refractivity contribution >= 4 is 11.7 Å². The van der Waals surface area contributed by atoms with E-state index in [-0.39, 0.29) is 24.3 Å². The second-order valence-electron chi connectivity index (χ2n) is 5.07. The van der Waals surface area contributed by atoms with E-state index in [4.69, 9.17) is 4.74 Å². The zero-order valence-corrected chi connectivity index (χ0v) is 12.4. The van der Waals surface area contributed by atoms with Gasteiger partial charge in [0.25, 0.3) is 5.91 Å². The second-order valence-corrected chi connectivity index (χ2v) is 5.07. The molecule has 1 amide bonds. The Balaban J connectivity index is 2.38. The summed E-state index contributed by atoms with van der Waals surface area (Å²) in [6, 6.07) is 7.42. The highest BCUT2D eigenvalue weighted by molar-refractivity contribution is 5.78. The third-order valence-electron chi connectivity index (χ3n) is 2.88. The molecule has 1 N–H and O–H groups in total. The molecule has 0 bridgehead atoms. The van der Waals surface area contributed by atoms with Gasteiger partial charge in [-0.1, -0.05) is 25.5 Å². The van der Waals surface area contributed by atoms with E-state index in [2.05, 4.69) is 12.2 Å². The molecule has 0 heterocycles. The zero-order valence-electron chi connectivity index (χ0n) is 12.4. The Hall–Kier alpha value is -1.84. The number of amides is 1. The molecular weight excluding hydrogens is 254 g/mol. The van der Waals surface area contributed by atoms with E-state index in [0.717, 1.165) is 18.4 Å². The fourth-order valence-corrected chi connectivity index (χ4v) is 1.96. The van der Waals surface area contributed by atoms with Crippen molar-refractivity contribution in [3.63, 3.8) is 0 Å². The SMILES string of the molecule is CCCC(C)NC(=O)COc1ccc(CC(C)=O)cc1. The number of ketones is 1. The van der Waals surface area contributed by atoms with Crippen LogP contribution in [0.5, 0.6) is 5.75 Å². The van der Waals surface area contributed by atoms with Gasteiger partial charge in [-0.05, 0) is 38.0 Å². The van der Waals surface area contributed by atoms with Crippen molar-refractivity contribution in [2.45, 2.75) is 46.1 Å². The molecule has 0 spiro atoms. The number of ether oxygens (including phenoxy) is 1. The van der Waals surface area contributed by atoms with Crippen LogP contribution in [0.25, 0.3) is 0 Å². The van der Waals surface area contributed by atoms with Gasteiger partial charge in [0, 0.05) is 12.5 Å². The van der Waals surface area contributed by atoms with Crippen molar-refractivity contribution in [1.82, 2.24) is 5.32 Å². The molecule has 4 nitrogen and oxygen atoms in total. The third kappa shape index (κ3) is 6.36. The number of carbonyl (C=O) groups is 2. The predicted octanol–water partition coefficient (Wildman–Crippen LogP) is 2.50. The van der Waals surface area contributed by atoms with Gasteiger partial charge in [0.2, 0.25) is 0 Å². The smallest absolute Gasteiger partial charge is 0.258 e. The molecule has 0 aliphatic carbocycles. The first-order valence-electron chi connectivity index (χ1n) is 7.01. The summed E-state index contributed by atoms with van der Waals surface area (Å²) in [5.74, 6) is 0.650. The van der Waals surface area contributed by atoms with Gasteiger partial charge in [0.15, 0.2) is 6.61 Å². The molecule has 0 aliphatic heterocycles. The fraction of sp³-hybridized carbons (Fsp3) is 0.500. The third-order valence-corrected chi connectivity index (χ3v) is 2.88. The average molecular weight is 277 g/mol. The minimum atomic E-state index is -0.112. The summed E-state index contributed by atoms with van der Waals surface area (Å²) in [4.78, 5) is 22.6. The van der Waals surface area contributed by atoms with Crippen molar-refractivity contribution in [1.29, 1.82) is 0 Å². The van der Waals surface area contributed by atoms with Gasteiger partial charge >= 0.3 is 0 Å². The molecule has 0 aromatic heterocycles. The lowest BCUT2D eigenvalue weighted by Gasteiger charge is -2.13. The summed E-state index contributed by atoms with van der Waals surface area (Å²) >= 11 is 0. The van der Waals surface area contributed by atoms with Gasteiger partial charge in [0.1, 0.15) is 11.5 Å². The number of nitrogens with one attached hydrogen (secondary N) is 1. The zero-order chi connectivity index (χ0) is 15.0. The molecule has 1 aromatic rings. The standard InChI is InChI=1S/C16H23NO3/c1-4-5-12(2)17-16(19)11-20-15-8-6-14(7-9-15)10-13(3)18/h6-9,12H,4-5,10-11H2,1-3H3,(H,17,19). The average Bonchev–Trinajstić information content (AvgIpc) is 2.37. The van der Waals surface area contributed by atoms with Crippen molar-refractivity contribution in [3.05, 3.63) is 29.8 Å². The van der Waals surface area contributed by atoms with Gasteiger partial charge in [-0.25, -0.2) is 0 Å². The predicted molar refractivity (Wildman–Crippen MR) is 78.8 cm³/mol. The largest absolute Gasteiger partial charge is 0.484 e. The first-order valence-corrected chi connectivity index (χ1v) is 7.01. The van der Waals surface area contributed by atoms with Crippen LogP contribution in [0.4, 0.5) is 0 Å². The van der Waals surface area contributed by atoms with Crippen LogP contribution < -0.4 is 10.1 Å². The first-order chi connectivity index (χ1) is 9.51. The Bertz CT molecular complexity index is 440. The molecule has 20 heavy (non-hydrogen) atoms. The fourth-order valence-electron chi connectivity index (χ4n) is 1.96. The van der Waals surface area contributed by atoms with Crippen LogP contribution in [-0.2, 0) is 16.0 Å². The maximum atomic E-state index is 11.6. The lowest BCUT2D eigenvalue weighted by molar-refractivity contribution is -0.123. The molecular formula is C16H23NO3. The number of Topliss-reactive ketones (excluding diaryl/α,β-unsaturated/α-hetero) is 1. The van der Waals surface area contributed by atoms with E-state index in [1.165, 1.54) is 0 Å². The summed E-state index contributed by atoms with van der Waals surface area (Å²) in [5.41, 5.74) is 0.950. The summed E-state index contributed by atoms with van der Waals surface area (Å²) in [7, 11) is 0. The molecule has 1 unspecified atom stereocenters. The second kappa shape index (κ2) is 8.35. The normalized spacial score (nSPS) is 11.8. The van der Waals surface area contributed by atoms with Gasteiger partial charge in [0.05, 0.1) is 0 Å². The van der Waals surface area contributed by atoms with Gasteiger partial charge in [-0.2, -0.15) is 0 Å². The minimum Gasteiger partial charge on any atom is -0.484 e. The van der Waals surface area contributed by atoms with Crippen LogP contribution in [0.1, 0.15) is 39.2 Å². The van der Waals surface area contributed by atoms with E-state index in [0.29, 0.717) is 12.2 Å². The summed E-state index contributed by atoms with van der Waals surface area (Å²) < 4.78 is 5.41. The quantitative estimate of drug-likeness (QED) is 0.794. The monoisotopic (exact) mass is 277 g/mol. The number of benzene rings is 1. The van der Waals surface area contributed by atoms with Crippen LogP contribution in [-0.4, -0.2) is 24.3 Å². The highest BCUT2D eigenvalue weighted by atomic mass is 16.5. The van der Waals surface area contributed by atoms with Crippen LogP contribution in [0.2, 0.25) is 0 Å². The van der Waals surface area contributed by atoms with E-state index in [1.807, 2.05) is 19.1 Å². The molecule has 4 heteroatoms. The Kier molecular flexibility index (Phi) is 6.77. The van der Waals surface area contributed by atoms with E-state index in [9.17, 15) is 9.59 Å². The van der Waals surface area contributed by atoms with Gasteiger partial charge in [-0.15, -0.1) is 0 Å². The molecule has 110 valence electrons. The molecule has 0 saturated carbocycles. The maximum absolute atomic E-state index is 11.6. The molecule has 0 radical (unpaired) electrons. The van der Waals surface area contributed by atoms with Gasteiger partial charge in [-0.3, -0.25) is 9.59 Å². The van der Waals surface area contributed by atoms with E-state index in [1.54, 1.807) is 19.1 Å². The first kappa shape index (κ1) is 16.2. The molecule has 1 aromatic carbocycles. The number of hydrogen-bond acceptors (Lipinski definition) is 3. The lowest BCUT2D eigenvalue weighted by atomic mass is 10.1. The topological polar surface area (TPSA) is 55.4 Å². The van der Waals surface area contributed by atoms with Crippen LogP contribution in [0.3, 0.4) is 0 Å². The highest BCUT2D eigenvalue weighted by Gasteiger charge is 2.07. The number of hydrogen-bond donors (Lipinski definition) is 1. The molecule has 0 aliphatic rings. The lowest BCUT2D eigenvalue weighted by Crippen LogP contribution is -2.35. The summed E-state index contributed by atoms with van der Waals surface area (Å²) in [6.07, 6.45) is 2.43. The summed E-state index contributed by atoms with van der Waals surface area (Å²) in [6.45, 7) is 5.64. The molecule has 0 saturated heterocycles. The number of carbonyl (C=O) groups excluding carboxylic acids is 2. The molecule has 1 atom stereocenters. The Morgan fingerprint density at radius 2 is 1.90 bits per heavy atom. The highest BCUT2D eigenvalue weighted by Crippen LogP contribution is 2.12. The number of rotatable bonds is 8. The Labute approximate surface area is 120 Å². The summed E-state index contributed by atoms with van der Waals surface area (Å²) in [5, 5.41) is 2.88. The van der Waals surface area contributed by atoms with Crippen LogP contribution in [0, 0.1) is 0 Å². The van der Waals surface area contributed by atoms with Crippen LogP contribution >= 0.6 is 0 Å². The Morgan fingerprint density at radius 3 is 2.45 bits per heavy atom. The van der Waals surface area contributed by atoms with E-state index >= 15 is 0 Å². The van der Waals surface area contributed by atoms with Crippen molar-refractivity contribution in [3.8, 4) is 5.75 Å². The van der Waals surface area contributed by atoms with Crippen LogP contribution in [0.15, 0.2) is 24.3 Å². The van der Waals surface area contributed by atoms with Crippen molar-refractivity contribution in [2.75, 3.05) is 6.61 Å². The maximum Gasteiger partial charge on any atom is 0.258 e. The molecule has 0 fully saturated rings. The molecule has 1 rings (SSSR count).